The van der Waals surface area contributed by atoms with Crippen LogP contribution in [0.2, 0.25) is 10.0 Å². The molecule has 122 valence electrons. The van der Waals surface area contributed by atoms with E-state index in [0.717, 1.165) is 16.3 Å². The van der Waals surface area contributed by atoms with E-state index in [-0.39, 0.29) is 12.5 Å². The van der Waals surface area contributed by atoms with Crippen LogP contribution in [0.4, 0.5) is 5.69 Å². The fourth-order valence-corrected chi connectivity index (χ4v) is 2.92. The molecular formula is C19H15Cl2NO2. The van der Waals surface area contributed by atoms with Gasteiger partial charge in [-0.05, 0) is 36.8 Å². The molecule has 5 heteroatoms. The van der Waals surface area contributed by atoms with E-state index in [1.807, 2.05) is 37.3 Å². The number of rotatable bonds is 4. The summed E-state index contributed by atoms with van der Waals surface area (Å²) in [6.07, 6.45) is 0. The molecule has 0 aliphatic heterocycles. The largest absolute Gasteiger partial charge is 0.483 e. The number of halogens is 2. The first-order valence-electron chi connectivity index (χ1n) is 7.40. The molecule has 0 atom stereocenters. The van der Waals surface area contributed by atoms with Gasteiger partial charge in [0.2, 0.25) is 0 Å². The molecule has 0 bridgehead atoms. The summed E-state index contributed by atoms with van der Waals surface area (Å²) in [7, 11) is 0. The van der Waals surface area contributed by atoms with Gasteiger partial charge in [-0.25, -0.2) is 0 Å². The molecule has 3 aromatic rings. The summed E-state index contributed by atoms with van der Waals surface area (Å²) in [5.74, 6) is 0.333. The van der Waals surface area contributed by atoms with Gasteiger partial charge < -0.3 is 10.1 Å². The van der Waals surface area contributed by atoms with Crippen molar-refractivity contribution in [1.29, 1.82) is 0 Å². The maximum absolute atomic E-state index is 12.1. The van der Waals surface area contributed by atoms with Crippen LogP contribution in [-0.4, -0.2) is 12.5 Å². The van der Waals surface area contributed by atoms with Crippen molar-refractivity contribution in [3.63, 3.8) is 0 Å². The Balaban J connectivity index is 1.72. The van der Waals surface area contributed by atoms with Crippen LogP contribution < -0.4 is 10.1 Å². The monoisotopic (exact) mass is 359 g/mol. The molecule has 0 saturated carbocycles. The van der Waals surface area contributed by atoms with Crippen molar-refractivity contribution in [3.8, 4) is 5.75 Å². The van der Waals surface area contributed by atoms with Crippen molar-refractivity contribution in [2.45, 2.75) is 6.92 Å². The Morgan fingerprint density at radius 1 is 1.00 bits per heavy atom. The quantitative estimate of drug-likeness (QED) is 0.670. The number of hydrogen-bond donors (Lipinski definition) is 1. The Labute approximate surface area is 150 Å². The molecule has 3 rings (SSSR count). The number of ether oxygens (including phenoxy) is 1. The maximum atomic E-state index is 12.1. The third kappa shape index (κ3) is 3.64. The molecule has 0 unspecified atom stereocenters. The SMILES string of the molecule is Cc1ccc(NC(=O)COc2ccc(Cl)c3ccccc23)c(Cl)c1. The summed E-state index contributed by atoms with van der Waals surface area (Å²) in [4.78, 5) is 12.1. The topological polar surface area (TPSA) is 38.3 Å². The Morgan fingerprint density at radius 3 is 2.50 bits per heavy atom. The Hall–Kier alpha value is -2.23. The number of carbonyl (C=O) groups is 1. The van der Waals surface area contributed by atoms with Gasteiger partial charge in [0.15, 0.2) is 6.61 Å². The van der Waals surface area contributed by atoms with Gasteiger partial charge in [-0.2, -0.15) is 0 Å². The van der Waals surface area contributed by atoms with Crippen LogP contribution in [0.5, 0.6) is 5.75 Å². The van der Waals surface area contributed by atoms with Gasteiger partial charge in [0.25, 0.3) is 5.91 Å². The number of amides is 1. The summed E-state index contributed by atoms with van der Waals surface area (Å²) in [5.41, 5.74) is 1.60. The van der Waals surface area contributed by atoms with E-state index in [4.69, 9.17) is 27.9 Å². The highest BCUT2D eigenvalue weighted by Crippen LogP contribution is 2.31. The second kappa shape index (κ2) is 7.12. The lowest BCUT2D eigenvalue weighted by atomic mass is 10.1. The second-order valence-electron chi connectivity index (χ2n) is 5.41. The lowest BCUT2D eigenvalue weighted by molar-refractivity contribution is -0.118. The third-order valence-electron chi connectivity index (χ3n) is 3.59. The van der Waals surface area contributed by atoms with Crippen molar-refractivity contribution < 1.29 is 9.53 Å². The van der Waals surface area contributed by atoms with Crippen LogP contribution >= 0.6 is 23.2 Å². The van der Waals surface area contributed by atoms with E-state index < -0.39 is 0 Å². The van der Waals surface area contributed by atoms with E-state index in [2.05, 4.69) is 5.32 Å². The molecule has 0 aromatic heterocycles. The van der Waals surface area contributed by atoms with Gasteiger partial charge in [-0.3, -0.25) is 4.79 Å². The van der Waals surface area contributed by atoms with Gasteiger partial charge in [0, 0.05) is 15.8 Å². The van der Waals surface area contributed by atoms with Gasteiger partial charge in [0.05, 0.1) is 10.7 Å². The summed E-state index contributed by atoms with van der Waals surface area (Å²) in [6, 6.07) is 16.6. The predicted molar refractivity (Wildman–Crippen MR) is 99.3 cm³/mol. The molecule has 0 fully saturated rings. The molecular weight excluding hydrogens is 345 g/mol. The summed E-state index contributed by atoms with van der Waals surface area (Å²) in [6.45, 7) is 1.82. The first-order chi connectivity index (χ1) is 11.5. The fraction of sp³-hybridized carbons (Fsp3) is 0.105. The molecule has 0 aliphatic carbocycles. The number of nitrogens with one attached hydrogen (secondary N) is 1. The smallest absolute Gasteiger partial charge is 0.262 e. The van der Waals surface area contributed by atoms with Crippen molar-refractivity contribution >= 4 is 45.6 Å². The number of aryl methyl sites for hydroxylation is 1. The first kappa shape index (κ1) is 16.6. The van der Waals surface area contributed by atoms with Crippen LogP contribution in [0.15, 0.2) is 54.6 Å². The number of benzene rings is 3. The zero-order chi connectivity index (χ0) is 17.1. The normalized spacial score (nSPS) is 10.6. The van der Waals surface area contributed by atoms with Crippen molar-refractivity contribution in [1.82, 2.24) is 0 Å². The molecule has 0 heterocycles. The predicted octanol–water partition coefficient (Wildman–Crippen LogP) is 5.47. The number of hydrogen-bond acceptors (Lipinski definition) is 2. The van der Waals surface area contributed by atoms with E-state index in [1.54, 1.807) is 24.3 Å². The van der Waals surface area contributed by atoms with E-state index in [0.29, 0.717) is 21.5 Å². The molecule has 3 aromatic carbocycles. The molecule has 3 nitrogen and oxygen atoms in total. The highest BCUT2D eigenvalue weighted by atomic mass is 35.5. The first-order valence-corrected chi connectivity index (χ1v) is 8.16. The Morgan fingerprint density at radius 2 is 1.75 bits per heavy atom. The lowest BCUT2D eigenvalue weighted by Crippen LogP contribution is -2.20. The molecule has 1 N–H and O–H groups in total. The molecule has 0 saturated heterocycles. The second-order valence-corrected chi connectivity index (χ2v) is 6.23. The van der Waals surface area contributed by atoms with E-state index >= 15 is 0 Å². The van der Waals surface area contributed by atoms with Crippen LogP contribution in [0, 0.1) is 6.92 Å². The third-order valence-corrected chi connectivity index (χ3v) is 4.23. The van der Waals surface area contributed by atoms with Crippen LogP contribution in [0.1, 0.15) is 5.56 Å². The molecule has 24 heavy (non-hydrogen) atoms. The molecule has 0 aliphatic rings. The van der Waals surface area contributed by atoms with Crippen LogP contribution in [0.25, 0.3) is 10.8 Å². The van der Waals surface area contributed by atoms with Gasteiger partial charge >= 0.3 is 0 Å². The number of carbonyl (C=O) groups excluding carboxylic acids is 1. The van der Waals surface area contributed by atoms with Crippen LogP contribution in [-0.2, 0) is 4.79 Å². The Bertz CT molecular complexity index is 909. The highest BCUT2D eigenvalue weighted by molar-refractivity contribution is 6.35. The fourth-order valence-electron chi connectivity index (χ4n) is 2.41. The minimum absolute atomic E-state index is 0.115. The lowest BCUT2D eigenvalue weighted by Gasteiger charge is -2.11. The zero-order valence-electron chi connectivity index (χ0n) is 13.0. The van der Waals surface area contributed by atoms with Gasteiger partial charge in [0.1, 0.15) is 5.75 Å². The van der Waals surface area contributed by atoms with Crippen LogP contribution in [0.3, 0.4) is 0 Å². The minimum atomic E-state index is -0.278. The van der Waals surface area contributed by atoms with Crippen molar-refractivity contribution in [3.05, 3.63) is 70.2 Å². The highest BCUT2D eigenvalue weighted by Gasteiger charge is 2.09. The molecule has 1 amide bonds. The minimum Gasteiger partial charge on any atom is -0.483 e. The summed E-state index contributed by atoms with van der Waals surface area (Å²) >= 11 is 12.3. The summed E-state index contributed by atoms with van der Waals surface area (Å²) in [5, 5.41) is 5.65. The van der Waals surface area contributed by atoms with Gasteiger partial charge in [-0.15, -0.1) is 0 Å². The van der Waals surface area contributed by atoms with Crippen molar-refractivity contribution in [2.24, 2.45) is 0 Å². The molecule has 0 spiro atoms. The average Bonchev–Trinajstić information content (AvgIpc) is 2.57. The standard InChI is InChI=1S/C19H15Cl2NO2/c1-12-6-8-17(16(21)10-12)22-19(23)11-24-18-9-7-15(20)13-4-2-3-5-14(13)18/h2-10H,11H2,1H3,(H,22,23). The van der Waals surface area contributed by atoms with Gasteiger partial charge in [-0.1, -0.05) is 53.5 Å². The number of anilines is 1. The number of fused-ring (bicyclic) bond motifs is 1. The summed E-state index contributed by atoms with van der Waals surface area (Å²) < 4.78 is 5.66. The van der Waals surface area contributed by atoms with Crippen molar-refractivity contribution in [2.75, 3.05) is 11.9 Å². The van der Waals surface area contributed by atoms with E-state index in [9.17, 15) is 4.79 Å². The molecule has 0 radical (unpaired) electrons. The maximum Gasteiger partial charge on any atom is 0.262 e. The van der Waals surface area contributed by atoms with E-state index in [1.165, 1.54) is 0 Å². The Kier molecular flexibility index (Phi) is 4.93. The zero-order valence-corrected chi connectivity index (χ0v) is 14.5. The average molecular weight is 360 g/mol.